The van der Waals surface area contributed by atoms with Gasteiger partial charge in [0.05, 0.1) is 6.10 Å². The molecule has 2 heteroatoms. The minimum absolute atomic E-state index is 0.0941. The topological polar surface area (TPSA) is 37.3 Å². The second kappa shape index (κ2) is 5.31. The van der Waals surface area contributed by atoms with E-state index in [1.165, 1.54) is 44.9 Å². The standard InChI is InChI=1S/C21H34O2/c1-13(22)16-9-10-17-15-8-7-14-5-4-6-19(23)21(14,3)18(15)11-12-20(16,17)2/h14-19,23H,4-12H2,1-3H3/t14-,15+,16-,17+,18+,19?,20-,21+/m1/s1. The number of Topliss-reactive ketones (excluding diaryl/α,β-unsaturated/α-hetero) is 1. The summed E-state index contributed by atoms with van der Waals surface area (Å²) in [6.07, 6.45) is 10.9. The van der Waals surface area contributed by atoms with Crippen LogP contribution in [0, 0.1) is 40.4 Å². The summed E-state index contributed by atoms with van der Waals surface area (Å²) in [5, 5.41) is 10.9. The van der Waals surface area contributed by atoms with E-state index in [1.807, 2.05) is 6.92 Å². The van der Waals surface area contributed by atoms with Gasteiger partial charge in [0.15, 0.2) is 0 Å². The molecule has 4 saturated carbocycles. The predicted molar refractivity (Wildman–Crippen MR) is 91.9 cm³/mol. The molecule has 0 bridgehead atoms. The molecular weight excluding hydrogens is 284 g/mol. The van der Waals surface area contributed by atoms with Crippen molar-refractivity contribution in [3.8, 4) is 0 Å². The first-order valence-corrected chi connectivity index (χ1v) is 10.1. The molecule has 0 spiro atoms. The van der Waals surface area contributed by atoms with Crippen LogP contribution in [0.5, 0.6) is 0 Å². The summed E-state index contributed by atoms with van der Waals surface area (Å²) in [4.78, 5) is 12.2. The van der Waals surface area contributed by atoms with E-state index in [4.69, 9.17) is 0 Å². The lowest BCUT2D eigenvalue weighted by Crippen LogP contribution is -2.57. The zero-order valence-corrected chi connectivity index (χ0v) is 15.2. The maximum Gasteiger partial charge on any atom is 0.133 e. The van der Waals surface area contributed by atoms with Crippen LogP contribution in [0.25, 0.3) is 0 Å². The lowest BCUT2D eigenvalue weighted by atomic mass is 9.44. The van der Waals surface area contributed by atoms with Gasteiger partial charge in [0.2, 0.25) is 0 Å². The van der Waals surface area contributed by atoms with Crippen molar-refractivity contribution in [2.24, 2.45) is 40.4 Å². The zero-order valence-electron chi connectivity index (χ0n) is 15.2. The van der Waals surface area contributed by atoms with E-state index in [1.54, 1.807) is 0 Å². The van der Waals surface area contributed by atoms with E-state index in [0.717, 1.165) is 30.6 Å². The number of ketones is 1. The molecule has 0 saturated heterocycles. The quantitative estimate of drug-likeness (QED) is 0.767. The summed E-state index contributed by atoms with van der Waals surface area (Å²) in [5.41, 5.74) is 0.395. The number of hydrogen-bond acceptors (Lipinski definition) is 2. The van der Waals surface area contributed by atoms with Crippen molar-refractivity contribution in [2.75, 3.05) is 0 Å². The summed E-state index contributed by atoms with van der Waals surface area (Å²) in [7, 11) is 0. The van der Waals surface area contributed by atoms with Crippen molar-refractivity contribution in [1.82, 2.24) is 0 Å². The van der Waals surface area contributed by atoms with Crippen LogP contribution >= 0.6 is 0 Å². The van der Waals surface area contributed by atoms with Gasteiger partial charge in [-0.2, -0.15) is 0 Å². The van der Waals surface area contributed by atoms with E-state index < -0.39 is 0 Å². The summed E-state index contributed by atoms with van der Waals surface area (Å²) in [6.45, 7) is 6.64. The van der Waals surface area contributed by atoms with Crippen molar-refractivity contribution in [3.63, 3.8) is 0 Å². The van der Waals surface area contributed by atoms with E-state index in [-0.39, 0.29) is 16.9 Å². The molecule has 130 valence electrons. The number of carbonyl (C=O) groups is 1. The van der Waals surface area contributed by atoms with Gasteiger partial charge in [0, 0.05) is 5.92 Å². The van der Waals surface area contributed by atoms with Gasteiger partial charge in [0.1, 0.15) is 5.78 Å². The molecule has 0 aromatic heterocycles. The summed E-state index contributed by atoms with van der Waals surface area (Å²) in [6, 6.07) is 0. The fourth-order valence-electron chi connectivity index (χ4n) is 7.98. The van der Waals surface area contributed by atoms with Gasteiger partial charge < -0.3 is 5.11 Å². The van der Waals surface area contributed by atoms with E-state index in [2.05, 4.69) is 13.8 Å². The normalized spacial score (nSPS) is 55.7. The number of aliphatic hydroxyl groups excluding tert-OH is 1. The molecule has 1 unspecified atom stereocenters. The number of fused-ring (bicyclic) bond motifs is 5. The molecule has 4 aliphatic rings. The minimum Gasteiger partial charge on any atom is -0.393 e. The lowest BCUT2D eigenvalue weighted by molar-refractivity contribution is -0.164. The maximum absolute atomic E-state index is 12.2. The Bertz CT molecular complexity index is 500. The molecule has 0 heterocycles. The van der Waals surface area contributed by atoms with Crippen molar-refractivity contribution >= 4 is 5.78 Å². The molecule has 1 N–H and O–H groups in total. The molecule has 23 heavy (non-hydrogen) atoms. The first-order chi connectivity index (χ1) is 10.9. The number of hydrogen-bond donors (Lipinski definition) is 1. The molecule has 4 aliphatic carbocycles. The highest BCUT2D eigenvalue weighted by Gasteiger charge is 2.62. The molecule has 4 rings (SSSR count). The smallest absolute Gasteiger partial charge is 0.133 e. The van der Waals surface area contributed by atoms with Crippen LogP contribution in [0.2, 0.25) is 0 Å². The van der Waals surface area contributed by atoms with Gasteiger partial charge >= 0.3 is 0 Å². The summed E-state index contributed by atoms with van der Waals surface area (Å²) in [5.74, 6) is 3.64. The SMILES string of the molecule is CC(=O)[C@H]1CC[C@H]2[C@@H]3CC[C@H]4CCCC(O)[C@]4(C)[C@H]3CC[C@]12C. The molecule has 8 atom stereocenters. The molecular formula is C21H34O2. The number of rotatable bonds is 1. The average Bonchev–Trinajstić information content (AvgIpc) is 2.86. The van der Waals surface area contributed by atoms with Crippen LogP contribution in [-0.4, -0.2) is 17.0 Å². The zero-order chi connectivity index (χ0) is 16.4. The Hall–Kier alpha value is -0.370. The molecule has 4 fully saturated rings. The summed E-state index contributed by atoms with van der Waals surface area (Å²) < 4.78 is 0. The van der Waals surface area contributed by atoms with Crippen LogP contribution in [-0.2, 0) is 4.79 Å². The van der Waals surface area contributed by atoms with Gasteiger partial charge in [-0.1, -0.05) is 20.3 Å². The minimum atomic E-state index is -0.0941. The van der Waals surface area contributed by atoms with E-state index in [0.29, 0.717) is 17.6 Å². The van der Waals surface area contributed by atoms with E-state index in [9.17, 15) is 9.90 Å². The Morgan fingerprint density at radius 3 is 2.48 bits per heavy atom. The van der Waals surface area contributed by atoms with Gasteiger partial charge in [-0.25, -0.2) is 0 Å². The third-order valence-corrected chi connectivity index (χ3v) is 9.20. The molecule has 0 radical (unpaired) electrons. The van der Waals surface area contributed by atoms with Crippen molar-refractivity contribution in [2.45, 2.75) is 84.7 Å². The van der Waals surface area contributed by atoms with E-state index >= 15 is 0 Å². The Kier molecular flexibility index (Phi) is 3.72. The lowest BCUT2D eigenvalue weighted by Gasteiger charge is -2.61. The molecule has 0 amide bonds. The molecule has 2 nitrogen and oxygen atoms in total. The third kappa shape index (κ3) is 2.06. The van der Waals surface area contributed by atoms with Crippen molar-refractivity contribution in [3.05, 3.63) is 0 Å². The Balaban J connectivity index is 1.66. The predicted octanol–water partition coefficient (Wildman–Crippen LogP) is 4.60. The number of carbonyl (C=O) groups excluding carboxylic acids is 1. The monoisotopic (exact) mass is 318 g/mol. The van der Waals surface area contributed by atoms with Gasteiger partial charge in [0.25, 0.3) is 0 Å². The molecule has 0 aromatic rings. The van der Waals surface area contributed by atoms with Crippen molar-refractivity contribution < 1.29 is 9.90 Å². The second-order valence-corrected chi connectivity index (χ2v) is 9.75. The first-order valence-electron chi connectivity index (χ1n) is 10.1. The highest BCUT2D eigenvalue weighted by atomic mass is 16.3. The first kappa shape index (κ1) is 16.1. The Labute approximate surface area is 141 Å². The van der Waals surface area contributed by atoms with Gasteiger partial charge in [-0.05, 0) is 92.8 Å². The Morgan fingerprint density at radius 2 is 1.74 bits per heavy atom. The average molecular weight is 319 g/mol. The van der Waals surface area contributed by atoms with Crippen LogP contribution in [0.4, 0.5) is 0 Å². The van der Waals surface area contributed by atoms with Crippen LogP contribution in [0.1, 0.15) is 78.6 Å². The Morgan fingerprint density at radius 1 is 0.957 bits per heavy atom. The second-order valence-electron chi connectivity index (χ2n) is 9.75. The van der Waals surface area contributed by atoms with Gasteiger partial charge in [-0.3, -0.25) is 4.79 Å². The van der Waals surface area contributed by atoms with Crippen molar-refractivity contribution in [1.29, 1.82) is 0 Å². The fourth-order valence-corrected chi connectivity index (χ4v) is 7.98. The van der Waals surface area contributed by atoms with Gasteiger partial charge in [-0.15, -0.1) is 0 Å². The van der Waals surface area contributed by atoms with Crippen LogP contribution in [0.3, 0.4) is 0 Å². The summed E-state index contributed by atoms with van der Waals surface area (Å²) >= 11 is 0. The third-order valence-electron chi connectivity index (χ3n) is 9.20. The maximum atomic E-state index is 12.2. The molecule has 0 aromatic carbocycles. The largest absolute Gasteiger partial charge is 0.393 e. The van der Waals surface area contributed by atoms with Crippen LogP contribution in [0.15, 0.2) is 0 Å². The van der Waals surface area contributed by atoms with Crippen LogP contribution < -0.4 is 0 Å². The number of aliphatic hydroxyl groups is 1. The highest BCUT2D eigenvalue weighted by molar-refractivity contribution is 5.79. The highest BCUT2D eigenvalue weighted by Crippen LogP contribution is 2.67. The fraction of sp³-hybridized carbons (Fsp3) is 0.952. The molecule has 0 aliphatic heterocycles.